The third-order valence-corrected chi connectivity index (χ3v) is 7.94. The van der Waals surface area contributed by atoms with Gasteiger partial charge in [-0.25, -0.2) is 8.42 Å². The van der Waals surface area contributed by atoms with Crippen molar-refractivity contribution in [3.8, 4) is 0 Å². The van der Waals surface area contributed by atoms with E-state index in [-0.39, 0.29) is 0 Å². The predicted molar refractivity (Wildman–Crippen MR) is 116 cm³/mol. The zero-order valence-electron chi connectivity index (χ0n) is 16.2. The molecule has 0 saturated carbocycles. The summed E-state index contributed by atoms with van der Waals surface area (Å²) in [5.74, 6) is 0.431. The summed E-state index contributed by atoms with van der Waals surface area (Å²) >= 11 is 12.2. The minimum Gasteiger partial charge on any atom is -0.296 e. The highest BCUT2D eigenvalue weighted by molar-refractivity contribution is 7.89. The van der Waals surface area contributed by atoms with Gasteiger partial charge in [-0.15, -0.1) is 0 Å². The van der Waals surface area contributed by atoms with Crippen LogP contribution in [0.2, 0.25) is 10.0 Å². The average molecular weight is 441 g/mol. The Morgan fingerprint density at radius 1 is 1.00 bits per heavy atom. The fourth-order valence-electron chi connectivity index (χ4n) is 3.37. The van der Waals surface area contributed by atoms with Crippen molar-refractivity contribution in [2.24, 2.45) is 0 Å². The molecule has 1 saturated heterocycles. The second kappa shape index (κ2) is 9.14. The highest BCUT2D eigenvalue weighted by Crippen LogP contribution is 2.25. The zero-order chi connectivity index (χ0) is 20.3. The van der Waals surface area contributed by atoms with Crippen molar-refractivity contribution in [2.45, 2.75) is 37.6 Å². The third kappa shape index (κ3) is 4.89. The van der Waals surface area contributed by atoms with Crippen LogP contribution in [0.3, 0.4) is 0 Å². The Morgan fingerprint density at radius 3 is 2.21 bits per heavy atom. The minimum absolute atomic E-state index is 0.369. The van der Waals surface area contributed by atoms with E-state index in [9.17, 15) is 8.42 Å². The lowest BCUT2D eigenvalue weighted by atomic mass is 9.99. The Kier molecular flexibility index (Phi) is 7.05. The van der Waals surface area contributed by atoms with Crippen molar-refractivity contribution in [1.29, 1.82) is 0 Å². The molecule has 0 aromatic heterocycles. The van der Waals surface area contributed by atoms with Gasteiger partial charge in [-0.05, 0) is 47.7 Å². The van der Waals surface area contributed by atoms with Crippen LogP contribution in [0, 0.1) is 0 Å². The van der Waals surface area contributed by atoms with E-state index in [0.717, 1.165) is 12.0 Å². The highest BCUT2D eigenvalue weighted by atomic mass is 35.5. The zero-order valence-corrected chi connectivity index (χ0v) is 18.6. The summed E-state index contributed by atoms with van der Waals surface area (Å²) in [6.45, 7) is 7.25. The fraction of sp³-hybridized carbons (Fsp3) is 0.429. The number of sulfonamides is 1. The van der Waals surface area contributed by atoms with Crippen molar-refractivity contribution < 1.29 is 8.42 Å². The maximum atomic E-state index is 13.0. The number of rotatable bonds is 6. The molecule has 1 aliphatic heterocycles. The standard InChI is InChI=1S/C21H26Cl2N2O2S/c1-3-16(2)17-5-8-20(9-6-17)28(26,27)25-12-10-24(11-13-25)15-18-4-7-19(22)14-21(18)23/h4-9,14,16H,3,10-13,15H2,1-2H3/t16-/m1/s1. The molecule has 2 aromatic carbocycles. The van der Waals surface area contributed by atoms with Crippen LogP contribution in [-0.2, 0) is 16.6 Å². The molecule has 4 nitrogen and oxygen atoms in total. The molecule has 0 N–H and O–H groups in total. The molecule has 1 heterocycles. The lowest BCUT2D eigenvalue weighted by Gasteiger charge is -2.34. The number of benzene rings is 2. The predicted octanol–water partition coefficient (Wildman–Crippen LogP) is 5.01. The topological polar surface area (TPSA) is 40.6 Å². The summed E-state index contributed by atoms with van der Waals surface area (Å²) in [6.07, 6.45) is 1.03. The lowest BCUT2D eigenvalue weighted by Crippen LogP contribution is -2.48. The molecule has 0 aliphatic carbocycles. The first-order valence-corrected chi connectivity index (χ1v) is 11.8. The van der Waals surface area contributed by atoms with Gasteiger partial charge in [0.25, 0.3) is 0 Å². The molecule has 152 valence electrons. The summed E-state index contributed by atoms with van der Waals surface area (Å²) in [4.78, 5) is 2.58. The number of piperazine rings is 1. The van der Waals surface area contributed by atoms with Crippen LogP contribution in [0.1, 0.15) is 37.3 Å². The molecule has 3 rings (SSSR count). The molecule has 1 atom stereocenters. The maximum Gasteiger partial charge on any atom is 0.243 e. The first-order valence-electron chi connectivity index (χ1n) is 9.57. The summed E-state index contributed by atoms with van der Waals surface area (Å²) in [6, 6.07) is 12.8. The fourth-order valence-corrected chi connectivity index (χ4v) is 5.26. The first kappa shape index (κ1) is 21.6. The van der Waals surface area contributed by atoms with Gasteiger partial charge in [-0.1, -0.05) is 55.2 Å². The van der Waals surface area contributed by atoms with Crippen molar-refractivity contribution in [3.63, 3.8) is 0 Å². The second-order valence-electron chi connectivity index (χ2n) is 7.29. The molecule has 0 radical (unpaired) electrons. The van der Waals surface area contributed by atoms with Crippen LogP contribution in [-0.4, -0.2) is 43.8 Å². The maximum absolute atomic E-state index is 13.0. The smallest absolute Gasteiger partial charge is 0.243 e. The van der Waals surface area contributed by atoms with Crippen molar-refractivity contribution in [1.82, 2.24) is 9.21 Å². The van der Waals surface area contributed by atoms with E-state index in [1.807, 2.05) is 24.3 Å². The normalized spacial score (nSPS) is 17.6. The number of hydrogen-bond donors (Lipinski definition) is 0. The van der Waals surface area contributed by atoms with Crippen LogP contribution < -0.4 is 0 Å². The number of hydrogen-bond acceptors (Lipinski definition) is 3. The molecule has 0 spiro atoms. The molecule has 1 fully saturated rings. The van der Waals surface area contributed by atoms with E-state index in [4.69, 9.17) is 23.2 Å². The van der Waals surface area contributed by atoms with Crippen LogP contribution in [0.4, 0.5) is 0 Å². The highest BCUT2D eigenvalue weighted by Gasteiger charge is 2.28. The largest absolute Gasteiger partial charge is 0.296 e. The Morgan fingerprint density at radius 2 is 1.64 bits per heavy atom. The van der Waals surface area contributed by atoms with E-state index in [0.29, 0.717) is 53.6 Å². The monoisotopic (exact) mass is 440 g/mol. The lowest BCUT2D eigenvalue weighted by molar-refractivity contribution is 0.181. The molecule has 2 aromatic rings. The van der Waals surface area contributed by atoms with Crippen LogP contribution in [0.25, 0.3) is 0 Å². The van der Waals surface area contributed by atoms with Crippen molar-refractivity contribution in [3.05, 3.63) is 63.6 Å². The second-order valence-corrected chi connectivity index (χ2v) is 10.1. The first-order chi connectivity index (χ1) is 13.3. The Hall–Kier alpha value is -1.11. The van der Waals surface area contributed by atoms with Gasteiger partial charge in [-0.2, -0.15) is 4.31 Å². The van der Waals surface area contributed by atoms with Crippen molar-refractivity contribution in [2.75, 3.05) is 26.2 Å². The molecule has 7 heteroatoms. The van der Waals surface area contributed by atoms with Gasteiger partial charge in [-0.3, -0.25) is 4.90 Å². The van der Waals surface area contributed by atoms with Gasteiger partial charge in [0.05, 0.1) is 4.90 Å². The molecule has 0 unspecified atom stereocenters. The van der Waals surface area contributed by atoms with Gasteiger partial charge in [0, 0.05) is 42.8 Å². The van der Waals surface area contributed by atoms with Crippen LogP contribution in [0.5, 0.6) is 0 Å². The molecular formula is C21H26Cl2N2O2S. The molecule has 0 bridgehead atoms. The van der Waals surface area contributed by atoms with E-state index >= 15 is 0 Å². The average Bonchev–Trinajstić information content (AvgIpc) is 2.70. The summed E-state index contributed by atoms with van der Waals surface area (Å²) in [5, 5.41) is 1.26. The number of halogens is 2. The van der Waals surface area contributed by atoms with E-state index in [1.54, 1.807) is 22.5 Å². The minimum atomic E-state index is -3.46. The number of nitrogens with zero attached hydrogens (tertiary/aromatic N) is 2. The van der Waals surface area contributed by atoms with Crippen LogP contribution >= 0.6 is 23.2 Å². The van der Waals surface area contributed by atoms with E-state index in [1.165, 1.54) is 5.56 Å². The van der Waals surface area contributed by atoms with E-state index in [2.05, 4.69) is 18.7 Å². The SMILES string of the molecule is CC[C@@H](C)c1ccc(S(=O)(=O)N2CCN(Cc3ccc(Cl)cc3Cl)CC2)cc1. The van der Waals surface area contributed by atoms with Crippen molar-refractivity contribution >= 4 is 33.2 Å². The Labute approximate surface area is 178 Å². The van der Waals surface area contributed by atoms with E-state index < -0.39 is 10.0 Å². The summed E-state index contributed by atoms with van der Waals surface area (Å²) in [5.41, 5.74) is 2.18. The Balaban J connectivity index is 1.63. The molecule has 0 amide bonds. The van der Waals surface area contributed by atoms with Gasteiger partial charge in [0.1, 0.15) is 0 Å². The third-order valence-electron chi connectivity index (χ3n) is 5.44. The summed E-state index contributed by atoms with van der Waals surface area (Å²) < 4.78 is 27.5. The van der Waals surface area contributed by atoms with Gasteiger partial charge >= 0.3 is 0 Å². The van der Waals surface area contributed by atoms with Gasteiger partial charge in [0.15, 0.2) is 0 Å². The molecule has 1 aliphatic rings. The molecule has 28 heavy (non-hydrogen) atoms. The summed E-state index contributed by atoms with van der Waals surface area (Å²) in [7, 11) is -3.46. The van der Waals surface area contributed by atoms with Gasteiger partial charge < -0.3 is 0 Å². The Bertz CT molecular complexity index is 909. The molecular weight excluding hydrogens is 415 g/mol. The van der Waals surface area contributed by atoms with Crippen LogP contribution in [0.15, 0.2) is 47.4 Å². The van der Waals surface area contributed by atoms with Gasteiger partial charge in [0.2, 0.25) is 10.0 Å². The quantitative estimate of drug-likeness (QED) is 0.633.